The van der Waals surface area contributed by atoms with Crippen LogP contribution in [-0.2, 0) is 10.0 Å². The summed E-state index contributed by atoms with van der Waals surface area (Å²) < 4.78 is 29.4. The number of nitrogens with one attached hydrogen (secondary N) is 1. The summed E-state index contributed by atoms with van der Waals surface area (Å²) in [5, 5.41) is 4.18. The fourth-order valence-corrected chi connectivity index (χ4v) is 3.32. The van der Waals surface area contributed by atoms with E-state index in [0.717, 1.165) is 11.1 Å². The highest BCUT2D eigenvalue weighted by Gasteiger charge is 2.16. The number of rotatable bonds is 4. The van der Waals surface area contributed by atoms with E-state index >= 15 is 0 Å². The van der Waals surface area contributed by atoms with Gasteiger partial charge < -0.3 is 0 Å². The molecule has 23 heavy (non-hydrogen) atoms. The minimum Gasteiger partial charge on any atom is -0.277 e. The number of aromatic nitrogens is 2. The van der Waals surface area contributed by atoms with Crippen LogP contribution in [0.4, 0.5) is 5.69 Å². The summed E-state index contributed by atoms with van der Waals surface area (Å²) >= 11 is 0. The van der Waals surface area contributed by atoms with E-state index in [1.54, 1.807) is 53.5 Å². The minimum atomic E-state index is -3.65. The Balaban J connectivity index is 2.01. The largest absolute Gasteiger partial charge is 0.277 e. The maximum Gasteiger partial charge on any atom is 0.261 e. The van der Waals surface area contributed by atoms with Gasteiger partial charge >= 0.3 is 0 Å². The normalized spacial score (nSPS) is 11.4. The van der Waals surface area contributed by atoms with Gasteiger partial charge in [0.15, 0.2) is 0 Å². The van der Waals surface area contributed by atoms with Crippen molar-refractivity contribution in [1.29, 1.82) is 0 Å². The lowest BCUT2D eigenvalue weighted by atomic mass is 10.2. The maximum atomic E-state index is 12.6. The fourth-order valence-electron chi connectivity index (χ4n) is 2.25. The van der Waals surface area contributed by atoms with Crippen molar-refractivity contribution >= 4 is 15.7 Å². The molecule has 118 valence electrons. The molecule has 0 spiro atoms. The molecule has 0 fully saturated rings. The number of nitrogens with zero attached hydrogens (tertiary/aromatic N) is 2. The molecular weight excluding hydrogens is 310 g/mol. The molecule has 0 saturated carbocycles. The van der Waals surface area contributed by atoms with Gasteiger partial charge in [-0.3, -0.25) is 4.72 Å². The zero-order valence-corrected chi connectivity index (χ0v) is 13.7. The lowest BCUT2D eigenvalue weighted by Crippen LogP contribution is -2.15. The summed E-state index contributed by atoms with van der Waals surface area (Å²) in [6, 6.07) is 14.0. The first-order valence-electron chi connectivity index (χ1n) is 7.16. The quantitative estimate of drug-likeness (QED) is 0.800. The van der Waals surface area contributed by atoms with Gasteiger partial charge in [-0.15, -0.1) is 0 Å². The van der Waals surface area contributed by atoms with Crippen LogP contribution in [0.25, 0.3) is 5.69 Å². The van der Waals surface area contributed by atoms with Gasteiger partial charge in [-0.2, -0.15) is 5.10 Å². The Morgan fingerprint density at radius 3 is 2.35 bits per heavy atom. The molecule has 0 atom stereocenters. The summed E-state index contributed by atoms with van der Waals surface area (Å²) in [5.41, 5.74) is 3.20. The summed E-state index contributed by atoms with van der Waals surface area (Å²) in [7, 11) is -3.65. The van der Waals surface area contributed by atoms with Crippen molar-refractivity contribution in [2.75, 3.05) is 4.72 Å². The highest BCUT2D eigenvalue weighted by Crippen LogP contribution is 2.24. The fraction of sp³-hybridized carbons (Fsp3) is 0.118. The Morgan fingerprint density at radius 2 is 1.70 bits per heavy atom. The Morgan fingerprint density at radius 1 is 1.00 bits per heavy atom. The molecule has 3 aromatic rings. The lowest BCUT2D eigenvalue weighted by Gasteiger charge is -2.13. The summed E-state index contributed by atoms with van der Waals surface area (Å²) in [6.07, 6.45) is 3.43. The summed E-state index contributed by atoms with van der Waals surface area (Å²) in [4.78, 5) is 0.232. The first kappa shape index (κ1) is 15.3. The van der Waals surface area contributed by atoms with E-state index in [1.807, 2.05) is 26.0 Å². The second-order valence-corrected chi connectivity index (χ2v) is 7.07. The van der Waals surface area contributed by atoms with E-state index < -0.39 is 10.0 Å². The number of sulfonamides is 1. The smallest absolute Gasteiger partial charge is 0.261 e. The predicted molar refractivity (Wildman–Crippen MR) is 90.3 cm³/mol. The van der Waals surface area contributed by atoms with Gasteiger partial charge in [0, 0.05) is 12.4 Å². The third-order valence-corrected chi connectivity index (χ3v) is 4.86. The van der Waals surface area contributed by atoms with Gasteiger partial charge in [0.2, 0.25) is 0 Å². The predicted octanol–water partition coefficient (Wildman–Crippen LogP) is 3.29. The SMILES string of the molecule is Cc1ccc(S(=O)(=O)Nc2ccc(C)cc2-n2cccn2)cc1. The van der Waals surface area contributed by atoms with Gasteiger partial charge in [-0.1, -0.05) is 23.8 Å². The molecule has 0 unspecified atom stereocenters. The lowest BCUT2D eigenvalue weighted by molar-refractivity contribution is 0.601. The Hall–Kier alpha value is -2.60. The number of benzene rings is 2. The molecule has 1 aromatic heterocycles. The van der Waals surface area contributed by atoms with Crippen molar-refractivity contribution in [3.8, 4) is 5.69 Å². The molecule has 1 N–H and O–H groups in total. The second-order valence-electron chi connectivity index (χ2n) is 5.39. The monoisotopic (exact) mass is 327 g/mol. The van der Waals surface area contributed by atoms with Crippen molar-refractivity contribution < 1.29 is 8.42 Å². The molecule has 0 aliphatic rings. The molecule has 0 amide bonds. The van der Waals surface area contributed by atoms with Crippen LogP contribution >= 0.6 is 0 Å². The van der Waals surface area contributed by atoms with Crippen LogP contribution in [0.3, 0.4) is 0 Å². The van der Waals surface area contributed by atoms with Gasteiger partial charge in [-0.25, -0.2) is 13.1 Å². The van der Waals surface area contributed by atoms with E-state index in [0.29, 0.717) is 11.4 Å². The van der Waals surface area contributed by atoms with Gasteiger partial charge in [0.05, 0.1) is 16.3 Å². The molecular formula is C17H17N3O2S. The molecule has 0 aliphatic carbocycles. The van der Waals surface area contributed by atoms with Crippen molar-refractivity contribution in [2.24, 2.45) is 0 Å². The Labute approximate surface area is 135 Å². The van der Waals surface area contributed by atoms with E-state index in [-0.39, 0.29) is 4.90 Å². The van der Waals surface area contributed by atoms with Crippen LogP contribution in [0.2, 0.25) is 0 Å². The van der Waals surface area contributed by atoms with Crippen LogP contribution < -0.4 is 4.72 Å². The van der Waals surface area contributed by atoms with E-state index in [9.17, 15) is 8.42 Å². The van der Waals surface area contributed by atoms with E-state index in [1.165, 1.54) is 0 Å². The van der Waals surface area contributed by atoms with Crippen LogP contribution in [0, 0.1) is 13.8 Å². The number of aryl methyl sites for hydroxylation is 2. The highest BCUT2D eigenvalue weighted by molar-refractivity contribution is 7.92. The van der Waals surface area contributed by atoms with Gasteiger partial charge in [0.25, 0.3) is 10.0 Å². The number of hydrogen-bond acceptors (Lipinski definition) is 3. The molecule has 5 nitrogen and oxygen atoms in total. The molecule has 3 rings (SSSR count). The third-order valence-electron chi connectivity index (χ3n) is 3.48. The zero-order chi connectivity index (χ0) is 16.4. The van der Waals surface area contributed by atoms with Crippen LogP contribution in [-0.4, -0.2) is 18.2 Å². The van der Waals surface area contributed by atoms with E-state index in [4.69, 9.17) is 0 Å². The first-order valence-corrected chi connectivity index (χ1v) is 8.64. The average Bonchev–Trinajstić information content (AvgIpc) is 3.03. The molecule has 0 aliphatic heterocycles. The van der Waals surface area contributed by atoms with Crippen LogP contribution in [0.15, 0.2) is 65.8 Å². The molecule has 0 bridgehead atoms. The molecule has 0 radical (unpaired) electrons. The van der Waals surface area contributed by atoms with Crippen LogP contribution in [0.5, 0.6) is 0 Å². The van der Waals surface area contributed by atoms with Gasteiger partial charge in [0.1, 0.15) is 0 Å². The highest BCUT2D eigenvalue weighted by atomic mass is 32.2. The number of hydrogen-bond donors (Lipinski definition) is 1. The first-order chi connectivity index (χ1) is 11.0. The Bertz CT molecular complexity index is 915. The standard InChI is InChI=1S/C17H17N3O2S/c1-13-4-7-15(8-5-13)23(21,22)19-16-9-6-14(2)12-17(16)20-11-3-10-18-20/h3-12,19H,1-2H3. The van der Waals surface area contributed by atoms with Gasteiger partial charge in [-0.05, 0) is 49.7 Å². The second kappa shape index (κ2) is 5.89. The average molecular weight is 327 g/mol. The maximum absolute atomic E-state index is 12.6. The van der Waals surface area contributed by atoms with Crippen molar-refractivity contribution in [3.05, 3.63) is 72.1 Å². The topological polar surface area (TPSA) is 64.0 Å². The molecule has 2 aromatic carbocycles. The summed E-state index contributed by atoms with van der Waals surface area (Å²) in [5.74, 6) is 0. The minimum absolute atomic E-state index is 0.232. The molecule has 0 saturated heterocycles. The summed E-state index contributed by atoms with van der Waals surface area (Å²) in [6.45, 7) is 3.87. The van der Waals surface area contributed by atoms with Crippen molar-refractivity contribution in [1.82, 2.24) is 9.78 Å². The van der Waals surface area contributed by atoms with Crippen LogP contribution in [0.1, 0.15) is 11.1 Å². The van der Waals surface area contributed by atoms with Crippen molar-refractivity contribution in [3.63, 3.8) is 0 Å². The number of anilines is 1. The van der Waals surface area contributed by atoms with E-state index in [2.05, 4.69) is 9.82 Å². The zero-order valence-electron chi connectivity index (χ0n) is 12.9. The Kier molecular flexibility index (Phi) is 3.92. The third kappa shape index (κ3) is 3.27. The van der Waals surface area contributed by atoms with Crippen molar-refractivity contribution in [2.45, 2.75) is 18.7 Å². The molecule has 1 heterocycles. The molecule has 6 heteroatoms.